The van der Waals surface area contributed by atoms with Crippen molar-refractivity contribution < 1.29 is 27.2 Å². The molecule has 0 saturated carbocycles. The summed E-state index contributed by atoms with van der Waals surface area (Å²) in [6.07, 6.45) is 1.39. The Balaban J connectivity index is 2.66. The first-order valence-corrected chi connectivity index (χ1v) is 7.24. The third-order valence-electron chi connectivity index (χ3n) is 3.91. The molecule has 0 aromatic heterocycles. The Morgan fingerprint density at radius 2 is 1.17 bits per heavy atom. The third-order valence-corrected chi connectivity index (χ3v) is 3.91. The Hall–Kier alpha value is -1.96. The number of hydrogen-bond acceptors (Lipinski definition) is 3. The number of carbonyl (C=O) groups excluding carboxylic acids is 2. The van der Waals surface area contributed by atoms with Gasteiger partial charge in [0.2, 0.25) is 0 Å². The molecule has 1 aliphatic rings. The highest BCUT2D eigenvalue weighted by Gasteiger charge is 2.50. The Labute approximate surface area is 130 Å². The highest BCUT2D eigenvalue weighted by Crippen LogP contribution is 2.36. The van der Waals surface area contributed by atoms with Crippen LogP contribution in [0.2, 0.25) is 0 Å². The lowest BCUT2D eigenvalue weighted by molar-refractivity contribution is 0.0384. The van der Waals surface area contributed by atoms with Crippen molar-refractivity contribution in [1.29, 1.82) is 0 Å². The van der Waals surface area contributed by atoms with E-state index < -0.39 is 51.9 Å². The van der Waals surface area contributed by atoms with Gasteiger partial charge in [-0.05, 0) is 12.8 Å². The molecule has 1 aromatic carbocycles. The van der Waals surface area contributed by atoms with Crippen LogP contribution in [0.25, 0.3) is 0 Å². The van der Waals surface area contributed by atoms with Crippen LogP contribution in [0, 0.1) is 23.3 Å². The molecule has 2 amide bonds. The van der Waals surface area contributed by atoms with E-state index in [1.807, 2.05) is 0 Å². The Kier molecular flexibility index (Phi) is 4.48. The average molecular weight is 332 g/mol. The van der Waals surface area contributed by atoms with Gasteiger partial charge in [-0.3, -0.25) is 14.5 Å². The molecule has 126 valence electrons. The molecule has 4 nitrogen and oxygen atoms in total. The molecular weight excluding hydrogens is 316 g/mol. The molecule has 1 heterocycles. The van der Waals surface area contributed by atoms with E-state index >= 15 is 0 Å². The van der Waals surface area contributed by atoms with Crippen molar-refractivity contribution in [3.63, 3.8) is 0 Å². The zero-order valence-corrected chi connectivity index (χ0v) is 12.7. The van der Waals surface area contributed by atoms with E-state index in [1.165, 1.54) is 0 Å². The Bertz CT molecular complexity index is 638. The predicted molar refractivity (Wildman–Crippen MR) is 73.5 cm³/mol. The van der Waals surface area contributed by atoms with Crippen LogP contribution in [-0.2, 0) is 0 Å². The van der Waals surface area contributed by atoms with Crippen LogP contribution in [0.3, 0.4) is 0 Å². The maximum absolute atomic E-state index is 13.9. The summed E-state index contributed by atoms with van der Waals surface area (Å²) in [4.78, 5) is 25.3. The van der Waals surface area contributed by atoms with Gasteiger partial charge in [-0.1, -0.05) is 26.7 Å². The van der Waals surface area contributed by atoms with Gasteiger partial charge in [0.25, 0.3) is 11.8 Å². The van der Waals surface area contributed by atoms with Gasteiger partial charge in [-0.25, -0.2) is 17.6 Å². The molecule has 0 radical (unpaired) electrons. The Morgan fingerprint density at radius 1 is 0.826 bits per heavy atom. The summed E-state index contributed by atoms with van der Waals surface area (Å²) in [6.45, 7) is 3.52. The van der Waals surface area contributed by atoms with Crippen LogP contribution in [0.15, 0.2) is 0 Å². The topological polar surface area (TPSA) is 63.4 Å². The minimum absolute atomic E-state index is 0.195. The number of hydrogen-bond donors (Lipinski definition) is 1. The van der Waals surface area contributed by atoms with Crippen molar-refractivity contribution in [2.75, 3.05) is 0 Å². The SMILES string of the molecule is CCCC(N)(CCC)N1C(=O)c2c(F)c(F)c(F)c(F)c2C1=O. The van der Waals surface area contributed by atoms with E-state index in [1.54, 1.807) is 13.8 Å². The van der Waals surface area contributed by atoms with Crippen LogP contribution in [0.5, 0.6) is 0 Å². The lowest BCUT2D eigenvalue weighted by atomic mass is 9.97. The Morgan fingerprint density at radius 3 is 1.48 bits per heavy atom. The second kappa shape index (κ2) is 5.92. The second-order valence-electron chi connectivity index (χ2n) is 5.56. The predicted octanol–water partition coefficient (Wildman–Crippen LogP) is 3.09. The van der Waals surface area contributed by atoms with Gasteiger partial charge in [-0.15, -0.1) is 0 Å². The lowest BCUT2D eigenvalue weighted by Gasteiger charge is -2.36. The molecule has 23 heavy (non-hydrogen) atoms. The normalized spacial score (nSPS) is 14.7. The highest BCUT2D eigenvalue weighted by atomic mass is 19.2. The number of nitrogens with zero attached hydrogens (tertiary/aromatic N) is 1. The molecule has 0 fully saturated rings. The fraction of sp³-hybridized carbons (Fsp3) is 0.467. The summed E-state index contributed by atoms with van der Waals surface area (Å²) >= 11 is 0. The largest absolute Gasteiger partial charge is 0.308 e. The molecule has 0 atom stereocenters. The van der Waals surface area contributed by atoms with Crippen molar-refractivity contribution in [2.24, 2.45) is 5.73 Å². The van der Waals surface area contributed by atoms with Gasteiger partial charge in [0.05, 0.1) is 16.8 Å². The highest BCUT2D eigenvalue weighted by molar-refractivity contribution is 6.22. The van der Waals surface area contributed by atoms with Gasteiger partial charge < -0.3 is 5.73 Å². The smallest absolute Gasteiger partial charge is 0.266 e. The molecule has 1 aromatic rings. The minimum Gasteiger partial charge on any atom is -0.308 e. The average Bonchev–Trinajstić information content (AvgIpc) is 2.75. The van der Waals surface area contributed by atoms with E-state index in [2.05, 4.69) is 0 Å². The summed E-state index contributed by atoms with van der Waals surface area (Å²) in [6, 6.07) is 0. The van der Waals surface area contributed by atoms with Crippen molar-refractivity contribution in [2.45, 2.75) is 45.2 Å². The first-order valence-electron chi connectivity index (χ1n) is 7.24. The van der Waals surface area contributed by atoms with Crippen molar-refractivity contribution in [3.8, 4) is 0 Å². The lowest BCUT2D eigenvalue weighted by Crippen LogP contribution is -2.58. The van der Waals surface area contributed by atoms with Crippen LogP contribution in [0.4, 0.5) is 17.6 Å². The van der Waals surface area contributed by atoms with E-state index in [4.69, 9.17) is 5.73 Å². The molecule has 2 N–H and O–H groups in total. The number of imide groups is 1. The maximum atomic E-state index is 13.9. The number of benzene rings is 1. The number of nitrogens with two attached hydrogens (primary N) is 1. The van der Waals surface area contributed by atoms with Gasteiger partial charge in [-0.2, -0.15) is 0 Å². The standard InChI is InChI=1S/C15H16F4N2O2/c1-3-5-15(20,6-4-2)21-13(22)7-8(14(21)23)10(17)12(19)11(18)9(7)16/h3-6,20H2,1-2H3. The van der Waals surface area contributed by atoms with E-state index in [0.29, 0.717) is 17.7 Å². The molecular formula is C15H16F4N2O2. The maximum Gasteiger partial charge on any atom is 0.266 e. The first kappa shape index (κ1) is 17.4. The van der Waals surface area contributed by atoms with Crippen molar-refractivity contribution >= 4 is 11.8 Å². The molecule has 8 heteroatoms. The van der Waals surface area contributed by atoms with Crippen LogP contribution >= 0.6 is 0 Å². The van der Waals surface area contributed by atoms with Gasteiger partial charge in [0, 0.05) is 0 Å². The van der Waals surface area contributed by atoms with Gasteiger partial charge >= 0.3 is 0 Å². The molecule has 2 rings (SSSR count). The fourth-order valence-corrected chi connectivity index (χ4v) is 2.97. The zero-order chi connectivity index (χ0) is 17.5. The molecule has 0 saturated heterocycles. The summed E-state index contributed by atoms with van der Waals surface area (Å²) in [5, 5.41) is 0. The van der Waals surface area contributed by atoms with Crippen molar-refractivity contribution in [1.82, 2.24) is 4.90 Å². The van der Waals surface area contributed by atoms with Crippen LogP contribution < -0.4 is 5.73 Å². The molecule has 0 bridgehead atoms. The molecule has 1 aliphatic heterocycles. The zero-order valence-electron chi connectivity index (χ0n) is 12.7. The van der Waals surface area contributed by atoms with E-state index in [-0.39, 0.29) is 12.8 Å². The summed E-state index contributed by atoms with van der Waals surface area (Å²) in [7, 11) is 0. The number of halogens is 4. The van der Waals surface area contributed by atoms with Gasteiger partial charge in [0.1, 0.15) is 0 Å². The number of rotatable bonds is 5. The molecule has 0 unspecified atom stereocenters. The minimum atomic E-state index is -2.13. The summed E-state index contributed by atoms with van der Waals surface area (Å²) in [5.74, 6) is -10.5. The quantitative estimate of drug-likeness (QED) is 0.390. The van der Waals surface area contributed by atoms with Gasteiger partial charge in [0.15, 0.2) is 23.3 Å². The van der Waals surface area contributed by atoms with Crippen LogP contribution in [-0.4, -0.2) is 22.4 Å². The van der Waals surface area contributed by atoms with E-state index in [9.17, 15) is 27.2 Å². The molecule has 0 aliphatic carbocycles. The number of amides is 2. The summed E-state index contributed by atoms with van der Waals surface area (Å²) < 4.78 is 54.5. The van der Waals surface area contributed by atoms with Crippen molar-refractivity contribution in [3.05, 3.63) is 34.4 Å². The third kappa shape index (κ3) is 2.41. The van der Waals surface area contributed by atoms with E-state index in [0.717, 1.165) is 0 Å². The first-order chi connectivity index (χ1) is 10.7. The number of fused-ring (bicyclic) bond motifs is 1. The second-order valence-corrected chi connectivity index (χ2v) is 5.56. The van der Waals surface area contributed by atoms with Crippen LogP contribution in [0.1, 0.15) is 60.2 Å². The molecule has 0 spiro atoms. The summed E-state index contributed by atoms with van der Waals surface area (Å²) in [5.41, 5.74) is 2.44. The fourth-order valence-electron chi connectivity index (χ4n) is 2.97. The monoisotopic (exact) mass is 332 g/mol. The number of carbonyl (C=O) groups is 2.